The van der Waals surface area contributed by atoms with Crippen LogP contribution in [-0.2, 0) is 20.9 Å². The Labute approximate surface area is 319 Å². The molecule has 6 rings (SSSR count). The minimum atomic E-state index is -0.661. The zero-order valence-electron chi connectivity index (χ0n) is 29.8. The summed E-state index contributed by atoms with van der Waals surface area (Å²) in [5.74, 6) is 0.371. The van der Waals surface area contributed by atoms with E-state index < -0.39 is 11.9 Å². The van der Waals surface area contributed by atoms with Crippen molar-refractivity contribution in [2.75, 3.05) is 30.9 Å². The molecule has 0 aromatic heterocycles. The molecular weight excluding hydrogens is 708 g/mol. The summed E-state index contributed by atoms with van der Waals surface area (Å²) < 4.78 is 5.92. The summed E-state index contributed by atoms with van der Waals surface area (Å²) in [7, 11) is 0. The van der Waals surface area contributed by atoms with Gasteiger partial charge in [0.2, 0.25) is 17.7 Å². The second kappa shape index (κ2) is 17.8. The van der Waals surface area contributed by atoms with Gasteiger partial charge in [-0.05, 0) is 102 Å². The fraction of sp³-hybridized carbons (Fsp3) is 0.286. The molecule has 4 aromatic carbocycles. The summed E-state index contributed by atoms with van der Waals surface area (Å²) in [5.41, 5.74) is 6.94. The Bertz CT molecular complexity index is 2010. The number of amides is 4. The summed E-state index contributed by atoms with van der Waals surface area (Å²) in [5, 5.41) is 28.4. The number of halogens is 1. The molecule has 4 aromatic rings. The van der Waals surface area contributed by atoms with Gasteiger partial charge in [0.1, 0.15) is 29.9 Å². The monoisotopic (exact) mass is 750 g/mol. The van der Waals surface area contributed by atoms with E-state index in [-0.39, 0.29) is 35.6 Å². The molecule has 0 saturated carbocycles. The normalized spacial score (nSPS) is 15.7. The van der Waals surface area contributed by atoms with Crippen molar-refractivity contribution in [3.63, 3.8) is 0 Å². The van der Waals surface area contributed by atoms with Crippen LogP contribution < -0.4 is 20.7 Å². The van der Waals surface area contributed by atoms with Crippen LogP contribution in [0.25, 0.3) is 11.1 Å². The van der Waals surface area contributed by atoms with Crippen molar-refractivity contribution in [2.24, 2.45) is 0 Å². The molecule has 0 spiro atoms. The first-order valence-electron chi connectivity index (χ1n) is 18.1. The Kier molecular flexibility index (Phi) is 12.5. The van der Waals surface area contributed by atoms with Crippen molar-refractivity contribution < 1.29 is 34.1 Å². The lowest BCUT2D eigenvalue weighted by molar-refractivity contribution is -0.137. The van der Waals surface area contributed by atoms with E-state index in [2.05, 4.69) is 16.0 Å². The van der Waals surface area contributed by atoms with E-state index in [0.717, 1.165) is 45.5 Å². The van der Waals surface area contributed by atoms with E-state index in [1.54, 1.807) is 30.3 Å². The molecule has 0 aliphatic carbocycles. The fourth-order valence-corrected chi connectivity index (χ4v) is 7.05. The van der Waals surface area contributed by atoms with Gasteiger partial charge in [0, 0.05) is 48.6 Å². The zero-order valence-corrected chi connectivity index (χ0v) is 30.5. The number of carbonyl (C=O) groups is 4. The van der Waals surface area contributed by atoms with Crippen molar-refractivity contribution in [2.45, 2.75) is 51.1 Å². The van der Waals surface area contributed by atoms with Gasteiger partial charge in [-0.3, -0.25) is 24.5 Å². The molecular formula is C42H43ClN4O7. The third-order valence-corrected chi connectivity index (χ3v) is 9.77. The summed E-state index contributed by atoms with van der Waals surface area (Å²) in [4.78, 5) is 51.1. The molecule has 5 N–H and O–H groups in total. The smallest absolute Gasteiger partial charge is 0.255 e. The summed E-state index contributed by atoms with van der Waals surface area (Å²) in [6.45, 7) is 1.56. The molecule has 1 unspecified atom stereocenters. The van der Waals surface area contributed by atoms with Crippen LogP contribution in [0.15, 0.2) is 91.0 Å². The van der Waals surface area contributed by atoms with Gasteiger partial charge in [-0.25, -0.2) is 0 Å². The maximum atomic E-state index is 13.1. The molecule has 280 valence electrons. The number of nitrogens with zero attached hydrogens (tertiary/aromatic N) is 1. The van der Waals surface area contributed by atoms with Crippen molar-refractivity contribution >= 4 is 52.1 Å². The molecule has 0 radical (unpaired) electrons. The molecule has 11 nitrogen and oxygen atoms in total. The number of aromatic hydroxyl groups is 2. The highest BCUT2D eigenvalue weighted by molar-refractivity contribution is 6.18. The average Bonchev–Trinajstić information content (AvgIpc) is 3.51. The van der Waals surface area contributed by atoms with E-state index >= 15 is 0 Å². The predicted molar refractivity (Wildman–Crippen MR) is 207 cm³/mol. The van der Waals surface area contributed by atoms with E-state index in [1.165, 1.54) is 4.90 Å². The molecule has 54 heavy (non-hydrogen) atoms. The molecule has 2 aliphatic rings. The lowest BCUT2D eigenvalue weighted by Crippen LogP contribution is -2.52. The van der Waals surface area contributed by atoms with Crippen molar-refractivity contribution in [3.05, 3.63) is 119 Å². The van der Waals surface area contributed by atoms with Gasteiger partial charge in [0.25, 0.3) is 5.91 Å². The van der Waals surface area contributed by atoms with Crippen LogP contribution in [0.4, 0.5) is 5.69 Å². The van der Waals surface area contributed by atoms with E-state index in [4.69, 9.17) is 16.3 Å². The van der Waals surface area contributed by atoms with Crippen molar-refractivity contribution in [1.82, 2.24) is 15.5 Å². The first-order chi connectivity index (χ1) is 26.2. The number of ether oxygens (including phenoxy) is 1. The molecule has 2 aliphatic heterocycles. The number of benzene rings is 4. The van der Waals surface area contributed by atoms with Crippen LogP contribution in [0.3, 0.4) is 0 Å². The minimum Gasteiger partial charge on any atom is -0.508 e. The number of imide groups is 1. The van der Waals surface area contributed by atoms with Crippen molar-refractivity contribution in [1.29, 1.82) is 0 Å². The molecule has 0 bridgehead atoms. The quantitative estimate of drug-likeness (QED) is 0.0391. The van der Waals surface area contributed by atoms with Crippen LogP contribution in [0.2, 0.25) is 0 Å². The second-order valence-corrected chi connectivity index (χ2v) is 13.6. The third-order valence-electron chi connectivity index (χ3n) is 9.58. The Morgan fingerprint density at radius 2 is 1.50 bits per heavy atom. The molecule has 4 amide bonds. The lowest BCUT2D eigenvalue weighted by Gasteiger charge is -2.29. The molecule has 1 fully saturated rings. The highest BCUT2D eigenvalue weighted by Gasteiger charge is 2.39. The first-order valence-corrected chi connectivity index (χ1v) is 18.6. The maximum Gasteiger partial charge on any atom is 0.255 e. The number of nitrogens with one attached hydrogen (secondary N) is 3. The Balaban J connectivity index is 0.955. The van der Waals surface area contributed by atoms with Gasteiger partial charge in [-0.1, -0.05) is 42.5 Å². The standard InChI is InChI=1S/C42H43ClN4O7/c43-22-21-33(27-7-13-30(48)14-8-27)40(28-9-15-31(49)16-10-28)29-11-17-32(18-12-29)54-25-24-45-38(50)6-1-2-23-44-36-5-3-4-34-35(36)26-47(42(34)53)37-19-20-39(51)46-41(37)52/h3-5,7-18,37,44,48-49H,1-2,6,19-26H2,(H,45,50)(H,46,51,52). The maximum absolute atomic E-state index is 13.1. The summed E-state index contributed by atoms with van der Waals surface area (Å²) >= 11 is 6.25. The van der Waals surface area contributed by atoms with Crippen LogP contribution in [-0.4, -0.2) is 70.4 Å². The highest BCUT2D eigenvalue weighted by Crippen LogP contribution is 2.37. The number of hydrogen-bond acceptors (Lipinski definition) is 8. The van der Waals surface area contributed by atoms with Crippen LogP contribution in [0.5, 0.6) is 17.2 Å². The van der Waals surface area contributed by atoms with Gasteiger partial charge in [-0.2, -0.15) is 0 Å². The molecule has 12 heteroatoms. The molecule has 1 atom stereocenters. The van der Waals surface area contributed by atoms with Gasteiger partial charge in [0.15, 0.2) is 0 Å². The van der Waals surface area contributed by atoms with E-state index in [1.807, 2.05) is 60.7 Å². The predicted octanol–water partition coefficient (Wildman–Crippen LogP) is 6.22. The van der Waals surface area contributed by atoms with E-state index in [0.29, 0.717) is 69.1 Å². The van der Waals surface area contributed by atoms with Gasteiger partial charge >= 0.3 is 0 Å². The van der Waals surface area contributed by atoms with Gasteiger partial charge in [0.05, 0.1) is 6.54 Å². The largest absolute Gasteiger partial charge is 0.508 e. The number of alkyl halides is 1. The number of allylic oxidation sites excluding steroid dienone is 1. The number of unbranched alkanes of at least 4 members (excludes halogenated alkanes) is 1. The minimum absolute atomic E-state index is 0.0650. The highest BCUT2D eigenvalue weighted by atomic mass is 35.5. The number of fused-ring (bicyclic) bond motifs is 1. The van der Waals surface area contributed by atoms with Gasteiger partial charge < -0.3 is 30.5 Å². The molecule has 2 heterocycles. The summed E-state index contributed by atoms with van der Waals surface area (Å²) in [6.07, 6.45) is 2.88. The number of phenolic OH excluding ortho intramolecular Hbond substituents is 2. The topological polar surface area (TPSA) is 157 Å². The Morgan fingerprint density at radius 3 is 2.17 bits per heavy atom. The Morgan fingerprint density at radius 1 is 0.833 bits per heavy atom. The number of piperidine rings is 1. The number of hydrogen-bond donors (Lipinski definition) is 5. The SMILES string of the molecule is O=C(CCCCNc1cccc2c1CN(C1CCC(=O)NC1=O)C2=O)NCCOc1ccc(C(=C(CCCl)c2ccc(O)cc2)c2ccc(O)cc2)cc1. The van der Waals surface area contributed by atoms with Crippen LogP contribution in [0, 0.1) is 0 Å². The first kappa shape index (κ1) is 37.9. The second-order valence-electron chi connectivity index (χ2n) is 13.2. The Hall–Kier alpha value is -5.81. The van der Waals surface area contributed by atoms with Gasteiger partial charge in [-0.15, -0.1) is 11.6 Å². The molecule has 1 saturated heterocycles. The number of carbonyl (C=O) groups excluding carboxylic acids is 4. The van der Waals surface area contributed by atoms with Crippen molar-refractivity contribution in [3.8, 4) is 17.2 Å². The summed E-state index contributed by atoms with van der Waals surface area (Å²) in [6, 6.07) is 26.5. The average molecular weight is 751 g/mol. The van der Waals surface area contributed by atoms with Crippen LogP contribution >= 0.6 is 11.6 Å². The zero-order chi connectivity index (χ0) is 38.0. The third kappa shape index (κ3) is 9.21. The van der Waals surface area contributed by atoms with E-state index in [9.17, 15) is 29.4 Å². The lowest BCUT2D eigenvalue weighted by atomic mass is 9.88. The number of rotatable bonds is 16. The number of phenols is 2. The van der Waals surface area contributed by atoms with Crippen LogP contribution in [0.1, 0.15) is 71.1 Å². The number of anilines is 1. The fourth-order valence-electron chi connectivity index (χ4n) is 6.86.